The Bertz CT molecular complexity index is 529. The number of aromatic nitrogens is 2. The van der Waals surface area contributed by atoms with Crippen molar-refractivity contribution in [1.82, 2.24) is 14.9 Å². The minimum atomic E-state index is 0.546. The summed E-state index contributed by atoms with van der Waals surface area (Å²) in [5.74, 6) is 9.02. The molecule has 21 heavy (non-hydrogen) atoms. The van der Waals surface area contributed by atoms with Gasteiger partial charge in [0.1, 0.15) is 17.5 Å². The van der Waals surface area contributed by atoms with E-state index < -0.39 is 0 Å². The van der Waals surface area contributed by atoms with Gasteiger partial charge in [-0.1, -0.05) is 0 Å². The van der Waals surface area contributed by atoms with Gasteiger partial charge in [0, 0.05) is 43.7 Å². The molecular formula is C15H24N6. The van der Waals surface area contributed by atoms with Crippen LogP contribution in [-0.4, -0.2) is 47.1 Å². The number of nitrogens with one attached hydrogen (secondary N) is 1. The molecule has 0 spiro atoms. The van der Waals surface area contributed by atoms with Crippen LogP contribution in [0.15, 0.2) is 0 Å². The molecule has 2 aliphatic carbocycles. The number of hydrogen-bond donors (Lipinski definition) is 2. The first-order chi connectivity index (χ1) is 10.3. The highest BCUT2D eigenvalue weighted by Gasteiger charge is 2.33. The SMILES string of the molecule is Cc1c(NN)nc(C2CC2)nc1N1CCN(C2CC2)CC1. The van der Waals surface area contributed by atoms with Crippen LogP contribution in [0.1, 0.15) is 43.0 Å². The van der Waals surface area contributed by atoms with Gasteiger partial charge >= 0.3 is 0 Å². The Kier molecular flexibility index (Phi) is 3.23. The third kappa shape index (κ3) is 2.58. The zero-order valence-electron chi connectivity index (χ0n) is 12.7. The lowest BCUT2D eigenvalue weighted by Crippen LogP contribution is -2.47. The summed E-state index contributed by atoms with van der Waals surface area (Å²) >= 11 is 0. The number of nitrogens with two attached hydrogens (primary N) is 1. The lowest BCUT2D eigenvalue weighted by molar-refractivity contribution is 0.247. The second-order valence-electron chi connectivity index (χ2n) is 6.55. The number of hydrazine groups is 1. The average molecular weight is 288 g/mol. The number of rotatable bonds is 4. The molecule has 0 radical (unpaired) electrons. The predicted molar refractivity (Wildman–Crippen MR) is 83.4 cm³/mol. The van der Waals surface area contributed by atoms with Gasteiger partial charge in [0.25, 0.3) is 0 Å². The van der Waals surface area contributed by atoms with Gasteiger partial charge < -0.3 is 10.3 Å². The fraction of sp³-hybridized carbons (Fsp3) is 0.733. The third-order valence-corrected chi connectivity index (χ3v) is 4.89. The zero-order valence-corrected chi connectivity index (χ0v) is 12.7. The summed E-state index contributed by atoms with van der Waals surface area (Å²) in [5, 5.41) is 0. The van der Waals surface area contributed by atoms with Gasteiger partial charge in [0.05, 0.1) is 0 Å². The Hall–Kier alpha value is -1.40. The van der Waals surface area contributed by atoms with Crippen molar-refractivity contribution in [3.8, 4) is 0 Å². The zero-order chi connectivity index (χ0) is 14.4. The van der Waals surface area contributed by atoms with Crippen LogP contribution in [0.4, 0.5) is 11.6 Å². The topological polar surface area (TPSA) is 70.3 Å². The molecule has 114 valence electrons. The van der Waals surface area contributed by atoms with Crippen molar-refractivity contribution >= 4 is 11.6 Å². The summed E-state index contributed by atoms with van der Waals surface area (Å²) in [6.45, 7) is 6.48. The summed E-state index contributed by atoms with van der Waals surface area (Å²) in [6.07, 6.45) is 5.20. The van der Waals surface area contributed by atoms with Crippen molar-refractivity contribution in [3.63, 3.8) is 0 Å². The maximum atomic E-state index is 5.64. The van der Waals surface area contributed by atoms with E-state index in [4.69, 9.17) is 10.8 Å². The molecule has 0 unspecified atom stereocenters. The summed E-state index contributed by atoms with van der Waals surface area (Å²) in [5.41, 5.74) is 3.82. The molecule has 3 N–H and O–H groups in total. The molecule has 1 aliphatic heterocycles. The monoisotopic (exact) mass is 288 g/mol. The Labute approximate surface area is 125 Å². The smallest absolute Gasteiger partial charge is 0.148 e. The van der Waals surface area contributed by atoms with Crippen LogP contribution in [0.3, 0.4) is 0 Å². The minimum absolute atomic E-state index is 0.546. The van der Waals surface area contributed by atoms with E-state index in [2.05, 4.69) is 27.1 Å². The Balaban J connectivity index is 1.56. The molecular weight excluding hydrogens is 264 g/mol. The maximum Gasteiger partial charge on any atom is 0.148 e. The number of anilines is 2. The van der Waals surface area contributed by atoms with Gasteiger partial charge in [0.15, 0.2) is 0 Å². The minimum Gasteiger partial charge on any atom is -0.354 e. The van der Waals surface area contributed by atoms with Gasteiger partial charge in [-0.3, -0.25) is 4.90 Å². The van der Waals surface area contributed by atoms with Gasteiger partial charge in [-0.2, -0.15) is 0 Å². The van der Waals surface area contributed by atoms with Gasteiger partial charge in [-0.15, -0.1) is 0 Å². The largest absolute Gasteiger partial charge is 0.354 e. The highest BCUT2D eigenvalue weighted by atomic mass is 15.3. The number of nitrogen functional groups attached to an aromatic ring is 1. The molecule has 0 aromatic carbocycles. The van der Waals surface area contributed by atoms with Crippen molar-refractivity contribution in [1.29, 1.82) is 0 Å². The van der Waals surface area contributed by atoms with Crippen molar-refractivity contribution in [2.24, 2.45) is 5.84 Å². The molecule has 0 amide bonds. The Morgan fingerprint density at radius 1 is 1.05 bits per heavy atom. The fourth-order valence-corrected chi connectivity index (χ4v) is 3.23. The standard InChI is InChI=1S/C15H24N6/c1-10-13(19-16)17-14(11-2-3-11)18-15(10)21-8-6-20(7-9-21)12-4-5-12/h11-12H,2-9,16H2,1H3,(H,17,18,19). The van der Waals surface area contributed by atoms with Gasteiger partial charge in [-0.05, 0) is 32.6 Å². The molecule has 3 aliphatic rings. The van der Waals surface area contributed by atoms with Crippen LogP contribution in [0.25, 0.3) is 0 Å². The highest BCUT2D eigenvalue weighted by molar-refractivity contribution is 5.58. The van der Waals surface area contributed by atoms with Gasteiger partial charge in [-0.25, -0.2) is 15.8 Å². The van der Waals surface area contributed by atoms with E-state index in [1.54, 1.807) is 0 Å². The lowest BCUT2D eigenvalue weighted by atomic mass is 10.2. The highest BCUT2D eigenvalue weighted by Crippen LogP contribution is 2.40. The first-order valence-corrected chi connectivity index (χ1v) is 8.10. The molecule has 2 heterocycles. The van der Waals surface area contributed by atoms with E-state index in [0.29, 0.717) is 5.92 Å². The summed E-state index contributed by atoms with van der Waals surface area (Å²) in [4.78, 5) is 14.5. The fourth-order valence-electron chi connectivity index (χ4n) is 3.23. The van der Waals surface area contributed by atoms with E-state index in [-0.39, 0.29) is 0 Å². The third-order valence-electron chi connectivity index (χ3n) is 4.89. The first-order valence-electron chi connectivity index (χ1n) is 8.10. The molecule has 0 bridgehead atoms. The Morgan fingerprint density at radius 2 is 1.76 bits per heavy atom. The van der Waals surface area contributed by atoms with Crippen molar-refractivity contribution in [3.05, 3.63) is 11.4 Å². The van der Waals surface area contributed by atoms with Crippen molar-refractivity contribution in [2.75, 3.05) is 36.5 Å². The van der Waals surface area contributed by atoms with Crippen molar-refractivity contribution in [2.45, 2.75) is 44.6 Å². The molecule has 3 fully saturated rings. The van der Waals surface area contributed by atoms with E-state index in [0.717, 1.165) is 55.2 Å². The average Bonchev–Trinajstić information content (AvgIpc) is 3.40. The van der Waals surface area contributed by atoms with E-state index in [9.17, 15) is 0 Å². The Morgan fingerprint density at radius 3 is 2.33 bits per heavy atom. The van der Waals surface area contributed by atoms with E-state index >= 15 is 0 Å². The molecule has 4 rings (SSSR count). The van der Waals surface area contributed by atoms with Crippen LogP contribution < -0.4 is 16.2 Å². The van der Waals surface area contributed by atoms with Crippen LogP contribution in [0.5, 0.6) is 0 Å². The quantitative estimate of drug-likeness (QED) is 0.641. The molecule has 0 atom stereocenters. The van der Waals surface area contributed by atoms with Crippen LogP contribution in [-0.2, 0) is 0 Å². The molecule has 6 heteroatoms. The summed E-state index contributed by atoms with van der Waals surface area (Å²) < 4.78 is 0. The number of hydrogen-bond acceptors (Lipinski definition) is 6. The van der Waals surface area contributed by atoms with Crippen LogP contribution >= 0.6 is 0 Å². The second kappa shape index (κ2) is 5.10. The summed E-state index contributed by atoms with van der Waals surface area (Å²) in [7, 11) is 0. The van der Waals surface area contributed by atoms with Crippen LogP contribution in [0.2, 0.25) is 0 Å². The summed E-state index contributed by atoms with van der Waals surface area (Å²) in [6, 6.07) is 0.863. The molecule has 1 aromatic heterocycles. The number of piperazine rings is 1. The first kappa shape index (κ1) is 13.3. The molecule has 2 saturated carbocycles. The lowest BCUT2D eigenvalue weighted by Gasteiger charge is -2.36. The molecule has 1 saturated heterocycles. The molecule has 1 aromatic rings. The van der Waals surface area contributed by atoms with Gasteiger partial charge in [0.2, 0.25) is 0 Å². The maximum absolute atomic E-state index is 5.64. The van der Waals surface area contributed by atoms with Crippen LogP contribution in [0, 0.1) is 6.92 Å². The number of nitrogens with zero attached hydrogens (tertiary/aromatic N) is 4. The second-order valence-corrected chi connectivity index (χ2v) is 6.55. The normalized spacial score (nSPS) is 23.4. The molecule has 6 nitrogen and oxygen atoms in total. The van der Waals surface area contributed by atoms with Crippen molar-refractivity contribution < 1.29 is 0 Å². The van der Waals surface area contributed by atoms with E-state index in [1.807, 2.05) is 0 Å². The predicted octanol–water partition coefficient (Wildman–Crippen LogP) is 1.23. The van der Waals surface area contributed by atoms with E-state index in [1.165, 1.54) is 25.7 Å².